The zero-order valence-corrected chi connectivity index (χ0v) is 20.3. The van der Waals surface area contributed by atoms with E-state index in [1.165, 1.54) is 0 Å². The van der Waals surface area contributed by atoms with E-state index < -0.39 is 22.0 Å². The highest BCUT2D eigenvalue weighted by Crippen LogP contribution is 2.41. The van der Waals surface area contributed by atoms with Crippen molar-refractivity contribution in [2.24, 2.45) is 5.41 Å². The molecule has 0 aromatic rings. The molecule has 144 valence electrons. The Balaban J connectivity index is 5.12. The van der Waals surface area contributed by atoms with Gasteiger partial charge in [0.25, 0.3) is 0 Å². The highest BCUT2D eigenvalue weighted by molar-refractivity contribution is 6.74. The highest BCUT2D eigenvalue weighted by Gasteiger charge is 2.43. The van der Waals surface area contributed by atoms with Crippen molar-refractivity contribution in [2.75, 3.05) is 6.61 Å². The maximum absolute atomic E-state index is 11.6. The lowest BCUT2D eigenvalue weighted by Gasteiger charge is -2.43. The molecule has 0 aromatic heterocycles. The largest absolute Gasteiger partial charge is 0.417 e. The van der Waals surface area contributed by atoms with Crippen LogP contribution in [0.3, 0.4) is 0 Å². The predicted molar refractivity (Wildman–Crippen MR) is 110 cm³/mol. The van der Waals surface area contributed by atoms with Crippen LogP contribution in [0.1, 0.15) is 61.8 Å². The third kappa shape index (κ3) is 6.39. The molecule has 1 atom stereocenters. The van der Waals surface area contributed by atoms with Gasteiger partial charge in [-0.15, -0.1) is 0 Å². The van der Waals surface area contributed by atoms with E-state index in [2.05, 4.69) is 67.7 Å². The fourth-order valence-electron chi connectivity index (χ4n) is 1.83. The molecule has 0 fully saturated rings. The summed E-state index contributed by atoms with van der Waals surface area (Å²) < 4.78 is 12.9. The van der Waals surface area contributed by atoms with Gasteiger partial charge in [0.15, 0.2) is 16.6 Å². The Labute approximate surface area is 153 Å². The van der Waals surface area contributed by atoms with Crippen LogP contribution in [0.25, 0.3) is 0 Å². The van der Waals surface area contributed by atoms with E-state index in [1.54, 1.807) is 0 Å². The molecule has 24 heavy (non-hydrogen) atoms. The molecule has 0 aliphatic heterocycles. The summed E-state index contributed by atoms with van der Waals surface area (Å²) in [5, 5.41) is 0.327. The van der Waals surface area contributed by atoms with E-state index in [4.69, 9.17) is 8.85 Å². The SMILES string of the molecule is CC(C)(C=O)[C@H](CCO[Si](C)(C)C(C)(C)C)O[Si](C)(C)C(C)(C)C. The molecule has 0 aromatic carbocycles. The normalized spacial score (nSPS) is 16.2. The summed E-state index contributed by atoms with van der Waals surface area (Å²) >= 11 is 0. The molecule has 0 N–H and O–H groups in total. The number of hydrogen-bond donors (Lipinski definition) is 0. The van der Waals surface area contributed by atoms with Crippen LogP contribution >= 0.6 is 0 Å². The van der Waals surface area contributed by atoms with E-state index >= 15 is 0 Å². The first-order chi connectivity index (χ1) is 10.4. The van der Waals surface area contributed by atoms with Crippen LogP contribution in [0.2, 0.25) is 36.3 Å². The Bertz CT molecular complexity index is 415. The third-order valence-corrected chi connectivity index (χ3v) is 15.1. The second-order valence-corrected chi connectivity index (χ2v) is 20.3. The fraction of sp³-hybridized carbons (Fsp3) is 0.947. The van der Waals surface area contributed by atoms with Crippen LogP contribution in [0, 0.1) is 5.41 Å². The van der Waals surface area contributed by atoms with Crippen molar-refractivity contribution in [1.82, 2.24) is 0 Å². The Hall–Kier alpha value is 0.0238. The average molecular weight is 375 g/mol. The molecule has 0 aliphatic carbocycles. The summed E-state index contributed by atoms with van der Waals surface area (Å²) in [4.78, 5) is 11.6. The number of hydrogen-bond acceptors (Lipinski definition) is 3. The number of rotatable bonds is 8. The maximum Gasteiger partial charge on any atom is 0.192 e. The van der Waals surface area contributed by atoms with Gasteiger partial charge in [-0.1, -0.05) is 55.4 Å². The first-order valence-electron chi connectivity index (χ1n) is 9.15. The monoisotopic (exact) mass is 374 g/mol. The van der Waals surface area contributed by atoms with E-state index in [1.807, 2.05) is 13.8 Å². The van der Waals surface area contributed by atoms with Crippen molar-refractivity contribution in [1.29, 1.82) is 0 Å². The van der Waals surface area contributed by atoms with E-state index in [9.17, 15) is 4.79 Å². The zero-order valence-electron chi connectivity index (χ0n) is 18.3. The van der Waals surface area contributed by atoms with Crippen LogP contribution in [-0.2, 0) is 13.6 Å². The van der Waals surface area contributed by atoms with E-state index in [0.717, 1.165) is 12.7 Å². The van der Waals surface area contributed by atoms with E-state index in [0.29, 0.717) is 6.61 Å². The fourth-order valence-corrected chi connectivity index (χ4v) is 4.38. The average Bonchev–Trinajstić information content (AvgIpc) is 2.34. The second-order valence-electron chi connectivity index (χ2n) is 10.7. The first-order valence-corrected chi connectivity index (χ1v) is 15.0. The van der Waals surface area contributed by atoms with Crippen LogP contribution in [0.5, 0.6) is 0 Å². The summed E-state index contributed by atoms with van der Waals surface area (Å²) in [6.07, 6.45) is 1.71. The predicted octanol–water partition coefficient (Wildman–Crippen LogP) is 6.01. The van der Waals surface area contributed by atoms with Crippen molar-refractivity contribution >= 4 is 22.9 Å². The van der Waals surface area contributed by atoms with Gasteiger partial charge in [-0.2, -0.15) is 0 Å². The molecule has 0 saturated heterocycles. The van der Waals surface area contributed by atoms with Gasteiger partial charge < -0.3 is 13.6 Å². The smallest absolute Gasteiger partial charge is 0.192 e. The van der Waals surface area contributed by atoms with Crippen LogP contribution in [-0.4, -0.2) is 35.6 Å². The van der Waals surface area contributed by atoms with Gasteiger partial charge in [0.05, 0.1) is 6.10 Å². The topological polar surface area (TPSA) is 35.5 Å². The second kappa shape index (κ2) is 7.72. The van der Waals surface area contributed by atoms with Crippen molar-refractivity contribution in [3.63, 3.8) is 0 Å². The van der Waals surface area contributed by atoms with Gasteiger partial charge in [0.1, 0.15) is 6.29 Å². The standard InChI is InChI=1S/C19H42O3Si2/c1-17(2,3)23(9,10)21-14-13-16(19(7,8)15-20)22-24(11,12)18(4,5)6/h15-16H,13-14H2,1-12H3/t16-/m0/s1. The lowest BCUT2D eigenvalue weighted by Crippen LogP contribution is -2.49. The molecule has 0 unspecified atom stereocenters. The maximum atomic E-state index is 11.6. The molecule has 0 amide bonds. The zero-order chi connectivity index (χ0) is 19.6. The molecule has 0 aliphatic rings. The van der Waals surface area contributed by atoms with Crippen molar-refractivity contribution in [3.8, 4) is 0 Å². The first kappa shape index (κ1) is 24.0. The molecular weight excluding hydrogens is 332 g/mol. The lowest BCUT2D eigenvalue weighted by molar-refractivity contribution is -0.119. The third-order valence-electron chi connectivity index (χ3n) is 6.03. The quantitative estimate of drug-likeness (QED) is 0.385. The van der Waals surface area contributed by atoms with Crippen molar-refractivity contribution in [3.05, 3.63) is 0 Å². The summed E-state index contributed by atoms with van der Waals surface area (Å²) in [5.41, 5.74) is -0.494. The number of aldehydes is 1. The van der Waals surface area contributed by atoms with Crippen molar-refractivity contribution in [2.45, 2.75) is 104 Å². The minimum absolute atomic E-state index is 0.0966. The minimum Gasteiger partial charge on any atom is -0.417 e. The highest BCUT2D eigenvalue weighted by atomic mass is 28.4. The molecule has 0 spiro atoms. The van der Waals surface area contributed by atoms with E-state index in [-0.39, 0.29) is 16.2 Å². The Kier molecular flexibility index (Phi) is 7.73. The molecule has 5 heteroatoms. The lowest BCUT2D eigenvalue weighted by atomic mass is 9.87. The summed E-state index contributed by atoms with van der Waals surface area (Å²) in [6.45, 7) is 27.1. The number of carbonyl (C=O) groups excluding carboxylic acids is 1. The van der Waals surface area contributed by atoms with Crippen molar-refractivity contribution < 1.29 is 13.6 Å². The molecule has 3 nitrogen and oxygen atoms in total. The summed E-state index contributed by atoms with van der Waals surface area (Å²) in [7, 11) is -3.70. The van der Waals surface area contributed by atoms with Gasteiger partial charge in [0, 0.05) is 12.0 Å². The molecule has 0 bridgehead atoms. The van der Waals surface area contributed by atoms with Gasteiger partial charge in [-0.05, 0) is 42.7 Å². The van der Waals surface area contributed by atoms with Gasteiger partial charge >= 0.3 is 0 Å². The van der Waals surface area contributed by atoms with Gasteiger partial charge in [-0.3, -0.25) is 0 Å². The minimum atomic E-state index is -1.93. The summed E-state index contributed by atoms with van der Waals surface area (Å²) in [6, 6.07) is 0. The molecule has 0 heterocycles. The Morgan fingerprint density at radius 2 is 1.25 bits per heavy atom. The Morgan fingerprint density at radius 3 is 1.58 bits per heavy atom. The molecule has 0 radical (unpaired) electrons. The number of carbonyl (C=O) groups is 1. The van der Waals surface area contributed by atoms with Gasteiger partial charge in [0.2, 0.25) is 0 Å². The van der Waals surface area contributed by atoms with Crippen LogP contribution in [0.4, 0.5) is 0 Å². The molecule has 0 saturated carbocycles. The molecule has 0 rings (SSSR count). The summed E-state index contributed by atoms with van der Waals surface area (Å²) in [5.74, 6) is 0. The van der Waals surface area contributed by atoms with Crippen LogP contribution in [0.15, 0.2) is 0 Å². The molecular formula is C19H42O3Si2. The Morgan fingerprint density at radius 1 is 0.833 bits per heavy atom. The van der Waals surface area contributed by atoms with Crippen LogP contribution < -0.4 is 0 Å². The van der Waals surface area contributed by atoms with Gasteiger partial charge in [-0.25, -0.2) is 0 Å².